The maximum atomic E-state index is 12.7. The third-order valence-corrected chi connectivity index (χ3v) is 4.45. The number of hydrogen-bond donors (Lipinski definition) is 1. The molecule has 29 heavy (non-hydrogen) atoms. The highest BCUT2D eigenvalue weighted by atomic mass is 16.5. The molecule has 0 saturated carbocycles. The Balaban J connectivity index is 1.73. The lowest BCUT2D eigenvalue weighted by Gasteiger charge is -2.19. The largest absolute Gasteiger partial charge is 0.497 e. The van der Waals surface area contributed by atoms with E-state index in [9.17, 15) is 9.59 Å². The van der Waals surface area contributed by atoms with Gasteiger partial charge in [-0.25, -0.2) is 9.67 Å². The molecular weight excluding hydrogens is 374 g/mol. The van der Waals surface area contributed by atoms with Crippen molar-refractivity contribution in [2.24, 2.45) is 0 Å². The number of anilines is 1. The zero-order valence-corrected chi connectivity index (χ0v) is 17.2. The van der Waals surface area contributed by atoms with Crippen molar-refractivity contribution in [3.8, 4) is 11.5 Å². The van der Waals surface area contributed by atoms with Crippen LogP contribution in [0.1, 0.15) is 27.2 Å². The molecule has 0 fully saturated rings. The molecule has 1 N–H and O–H groups in total. The molecule has 0 unspecified atom stereocenters. The van der Waals surface area contributed by atoms with Crippen LogP contribution in [0.25, 0.3) is 11.0 Å². The SMILES string of the molecule is COc1ccc(NC(=O)CCn2cnc3c(cnn3C(C)(C)C)c2=O)c(OC)c1. The zero-order valence-electron chi connectivity index (χ0n) is 17.2. The number of amides is 1. The Kier molecular flexibility index (Phi) is 5.58. The fraction of sp³-hybridized carbons (Fsp3) is 0.400. The maximum Gasteiger partial charge on any atom is 0.264 e. The Labute approximate surface area is 168 Å². The first-order chi connectivity index (χ1) is 13.7. The Morgan fingerprint density at radius 2 is 1.97 bits per heavy atom. The Morgan fingerprint density at radius 1 is 1.21 bits per heavy atom. The third-order valence-electron chi connectivity index (χ3n) is 4.45. The van der Waals surface area contributed by atoms with Gasteiger partial charge in [0.25, 0.3) is 5.56 Å². The molecule has 2 heterocycles. The van der Waals surface area contributed by atoms with Crippen LogP contribution in [-0.2, 0) is 16.9 Å². The van der Waals surface area contributed by atoms with Crippen LogP contribution in [0.15, 0.2) is 35.5 Å². The van der Waals surface area contributed by atoms with Crippen LogP contribution < -0.4 is 20.3 Å². The summed E-state index contributed by atoms with van der Waals surface area (Å²) in [5.74, 6) is 0.875. The van der Waals surface area contributed by atoms with Gasteiger partial charge in [-0.3, -0.25) is 14.2 Å². The van der Waals surface area contributed by atoms with Gasteiger partial charge >= 0.3 is 0 Å². The van der Waals surface area contributed by atoms with Crippen molar-refractivity contribution in [3.63, 3.8) is 0 Å². The lowest BCUT2D eigenvalue weighted by atomic mass is 10.1. The highest BCUT2D eigenvalue weighted by Crippen LogP contribution is 2.29. The minimum absolute atomic E-state index is 0.107. The Hall–Kier alpha value is -3.36. The smallest absolute Gasteiger partial charge is 0.264 e. The van der Waals surface area contributed by atoms with E-state index in [1.807, 2.05) is 20.8 Å². The molecule has 9 nitrogen and oxygen atoms in total. The van der Waals surface area contributed by atoms with Gasteiger partial charge in [-0.15, -0.1) is 0 Å². The summed E-state index contributed by atoms with van der Waals surface area (Å²) in [4.78, 5) is 29.5. The second kappa shape index (κ2) is 7.94. The average Bonchev–Trinajstić information content (AvgIpc) is 3.13. The highest BCUT2D eigenvalue weighted by molar-refractivity contribution is 5.92. The Bertz CT molecular complexity index is 1090. The lowest BCUT2D eigenvalue weighted by molar-refractivity contribution is -0.116. The van der Waals surface area contributed by atoms with Gasteiger partial charge in [0.1, 0.15) is 16.9 Å². The number of carbonyl (C=O) groups is 1. The Morgan fingerprint density at radius 3 is 2.62 bits per heavy atom. The predicted molar refractivity (Wildman–Crippen MR) is 110 cm³/mol. The van der Waals surface area contributed by atoms with Crippen molar-refractivity contribution in [1.29, 1.82) is 0 Å². The van der Waals surface area contributed by atoms with Crippen LogP contribution in [0.2, 0.25) is 0 Å². The molecule has 2 aromatic heterocycles. The first-order valence-electron chi connectivity index (χ1n) is 9.20. The molecule has 3 aromatic rings. The first-order valence-corrected chi connectivity index (χ1v) is 9.20. The van der Waals surface area contributed by atoms with E-state index in [0.29, 0.717) is 28.2 Å². The van der Waals surface area contributed by atoms with E-state index in [0.717, 1.165) is 0 Å². The van der Waals surface area contributed by atoms with Gasteiger partial charge < -0.3 is 14.8 Å². The molecule has 0 atom stereocenters. The van der Waals surface area contributed by atoms with Gasteiger partial charge in [0.2, 0.25) is 5.91 Å². The van der Waals surface area contributed by atoms with E-state index in [2.05, 4.69) is 15.4 Å². The topological polar surface area (TPSA) is 100 Å². The van der Waals surface area contributed by atoms with Gasteiger partial charge in [-0.05, 0) is 32.9 Å². The summed E-state index contributed by atoms with van der Waals surface area (Å²) < 4.78 is 13.6. The molecule has 3 rings (SSSR count). The summed E-state index contributed by atoms with van der Waals surface area (Å²) in [5.41, 5.74) is 0.558. The summed E-state index contributed by atoms with van der Waals surface area (Å²) in [5, 5.41) is 7.51. The van der Waals surface area contributed by atoms with E-state index in [4.69, 9.17) is 9.47 Å². The number of hydrogen-bond acceptors (Lipinski definition) is 6. The van der Waals surface area contributed by atoms with Gasteiger partial charge in [-0.1, -0.05) is 0 Å². The van der Waals surface area contributed by atoms with E-state index in [-0.39, 0.29) is 30.0 Å². The highest BCUT2D eigenvalue weighted by Gasteiger charge is 2.20. The van der Waals surface area contributed by atoms with Gasteiger partial charge in [0.15, 0.2) is 5.65 Å². The standard InChI is InChI=1S/C20H25N5O4/c1-20(2,3)25-18-14(11-22-25)19(27)24(12-21-18)9-8-17(26)23-15-7-6-13(28-4)10-16(15)29-5/h6-7,10-12H,8-9H2,1-5H3,(H,23,26). The molecule has 0 aliphatic heterocycles. The van der Waals surface area contributed by atoms with E-state index in [1.54, 1.807) is 30.0 Å². The molecule has 0 aliphatic rings. The van der Waals surface area contributed by atoms with Crippen molar-refractivity contribution in [2.45, 2.75) is 39.3 Å². The third kappa shape index (κ3) is 4.23. The molecule has 0 spiro atoms. The summed E-state index contributed by atoms with van der Waals surface area (Å²) in [6, 6.07) is 5.12. The number of ether oxygens (including phenoxy) is 2. The van der Waals surface area contributed by atoms with Gasteiger partial charge in [0.05, 0.1) is 38.0 Å². The quantitative estimate of drug-likeness (QED) is 0.683. The number of nitrogens with zero attached hydrogens (tertiary/aromatic N) is 4. The van der Waals surface area contributed by atoms with Crippen LogP contribution >= 0.6 is 0 Å². The van der Waals surface area contributed by atoms with Crippen LogP contribution in [0.4, 0.5) is 5.69 Å². The molecule has 9 heteroatoms. The fourth-order valence-corrected chi connectivity index (χ4v) is 2.94. The second-order valence-corrected chi connectivity index (χ2v) is 7.57. The summed E-state index contributed by atoms with van der Waals surface area (Å²) in [6.45, 7) is 6.17. The van der Waals surface area contributed by atoms with Crippen LogP contribution in [0.5, 0.6) is 11.5 Å². The molecule has 0 saturated heterocycles. The number of aryl methyl sites for hydroxylation is 1. The number of carbonyl (C=O) groups excluding carboxylic acids is 1. The molecular formula is C20H25N5O4. The van der Waals surface area contributed by atoms with Crippen molar-refractivity contribution < 1.29 is 14.3 Å². The van der Waals surface area contributed by atoms with Crippen LogP contribution in [0, 0.1) is 0 Å². The molecule has 1 amide bonds. The predicted octanol–water partition coefficient (Wildman–Crippen LogP) is 2.39. The number of aromatic nitrogens is 4. The van der Waals surface area contributed by atoms with E-state index < -0.39 is 0 Å². The normalized spacial score (nSPS) is 11.5. The van der Waals surface area contributed by atoms with E-state index >= 15 is 0 Å². The summed E-state index contributed by atoms with van der Waals surface area (Å²) in [7, 11) is 3.07. The number of fused-ring (bicyclic) bond motifs is 1. The van der Waals surface area contributed by atoms with Crippen molar-refractivity contribution >= 4 is 22.6 Å². The lowest BCUT2D eigenvalue weighted by Crippen LogP contribution is -2.26. The van der Waals surface area contributed by atoms with Gasteiger partial charge in [-0.2, -0.15) is 5.10 Å². The van der Waals surface area contributed by atoms with Crippen LogP contribution in [-0.4, -0.2) is 39.5 Å². The average molecular weight is 399 g/mol. The second-order valence-electron chi connectivity index (χ2n) is 7.57. The number of rotatable bonds is 6. The number of nitrogens with one attached hydrogen (secondary N) is 1. The molecule has 0 radical (unpaired) electrons. The molecule has 0 bridgehead atoms. The fourth-order valence-electron chi connectivity index (χ4n) is 2.94. The number of methoxy groups -OCH3 is 2. The van der Waals surface area contributed by atoms with Crippen molar-refractivity contribution in [1.82, 2.24) is 19.3 Å². The first kappa shape index (κ1) is 20.4. The molecule has 0 aliphatic carbocycles. The number of benzene rings is 1. The van der Waals surface area contributed by atoms with E-state index in [1.165, 1.54) is 24.2 Å². The summed E-state index contributed by atoms with van der Waals surface area (Å²) in [6.07, 6.45) is 3.08. The van der Waals surface area contributed by atoms with Crippen molar-refractivity contribution in [3.05, 3.63) is 41.1 Å². The van der Waals surface area contributed by atoms with Crippen LogP contribution in [0.3, 0.4) is 0 Å². The minimum Gasteiger partial charge on any atom is -0.497 e. The molecule has 154 valence electrons. The zero-order chi connectivity index (χ0) is 21.2. The van der Waals surface area contributed by atoms with Gasteiger partial charge in [0, 0.05) is 19.0 Å². The molecule has 1 aromatic carbocycles. The van der Waals surface area contributed by atoms with Crippen molar-refractivity contribution in [2.75, 3.05) is 19.5 Å². The minimum atomic E-state index is -0.287. The maximum absolute atomic E-state index is 12.7. The monoisotopic (exact) mass is 399 g/mol. The summed E-state index contributed by atoms with van der Waals surface area (Å²) >= 11 is 0.